The predicted molar refractivity (Wildman–Crippen MR) is 141 cm³/mol. The summed E-state index contributed by atoms with van der Waals surface area (Å²) in [6, 6.07) is 26.1. The molecule has 1 heterocycles. The molecular weight excluding hydrogens is 476 g/mol. The van der Waals surface area contributed by atoms with Crippen LogP contribution in [0.3, 0.4) is 0 Å². The predicted octanol–water partition coefficient (Wildman–Crippen LogP) is 5.35. The van der Waals surface area contributed by atoms with Gasteiger partial charge in [-0.3, -0.25) is 9.71 Å². The van der Waals surface area contributed by atoms with Crippen LogP contribution in [-0.2, 0) is 10.0 Å². The molecule has 1 N–H and O–H groups in total. The minimum absolute atomic E-state index is 0.0160. The first-order chi connectivity index (χ1) is 17.5. The van der Waals surface area contributed by atoms with Crippen molar-refractivity contribution in [2.75, 3.05) is 18.9 Å². The molecule has 0 atom stereocenters. The normalized spacial score (nSPS) is 11.7. The van der Waals surface area contributed by atoms with Crippen molar-refractivity contribution in [2.45, 2.75) is 4.90 Å². The highest BCUT2D eigenvalue weighted by atomic mass is 32.2. The van der Waals surface area contributed by atoms with Crippen molar-refractivity contribution in [2.24, 2.45) is 4.99 Å². The lowest BCUT2D eigenvalue weighted by atomic mass is 9.97. The molecule has 4 aromatic carbocycles. The fraction of sp³-hybridized carbons (Fsp3) is 0.0741. The number of hydrogen-bond donors (Lipinski definition) is 1. The van der Waals surface area contributed by atoms with Crippen molar-refractivity contribution in [3.63, 3.8) is 0 Å². The van der Waals surface area contributed by atoms with E-state index < -0.39 is 10.0 Å². The lowest BCUT2D eigenvalue weighted by Gasteiger charge is -2.10. The van der Waals surface area contributed by atoms with Crippen LogP contribution in [0.1, 0.15) is 5.56 Å². The van der Waals surface area contributed by atoms with Crippen molar-refractivity contribution in [3.8, 4) is 11.9 Å². The Morgan fingerprint density at radius 3 is 2.06 bits per heavy atom. The number of nitrogens with zero attached hydrogens (tertiary/aromatic N) is 3. The minimum atomic E-state index is -3.91. The van der Waals surface area contributed by atoms with Crippen molar-refractivity contribution >= 4 is 49.3 Å². The second-order valence-corrected chi connectivity index (χ2v) is 9.55. The number of nitrogens with one attached hydrogen (secondary N) is 1. The Morgan fingerprint density at radius 1 is 0.806 bits per heavy atom. The average Bonchev–Trinajstić information content (AvgIpc) is 2.90. The highest BCUT2D eigenvalue weighted by Gasteiger charge is 2.17. The van der Waals surface area contributed by atoms with E-state index in [1.54, 1.807) is 12.1 Å². The van der Waals surface area contributed by atoms with Gasteiger partial charge < -0.3 is 9.47 Å². The molecule has 0 spiro atoms. The van der Waals surface area contributed by atoms with Crippen LogP contribution in [-0.4, -0.2) is 38.8 Å². The Morgan fingerprint density at radius 2 is 1.44 bits per heavy atom. The quantitative estimate of drug-likeness (QED) is 0.240. The van der Waals surface area contributed by atoms with E-state index in [0.717, 1.165) is 27.1 Å². The molecule has 1 aromatic heterocycles. The van der Waals surface area contributed by atoms with Gasteiger partial charge in [0, 0.05) is 17.8 Å². The van der Waals surface area contributed by atoms with Crippen molar-refractivity contribution in [1.82, 2.24) is 9.97 Å². The molecule has 0 radical (unpaired) electrons. The maximum atomic E-state index is 12.9. The van der Waals surface area contributed by atoms with Crippen LogP contribution in [0.5, 0.6) is 11.9 Å². The minimum Gasteiger partial charge on any atom is -0.481 e. The summed E-state index contributed by atoms with van der Waals surface area (Å²) in [7, 11) is -1.11. The Labute approximate surface area is 208 Å². The van der Waals surface area contributed by atoms with Crippen LogP contribution in [0.25, 0.3) is 21.5 Å². The van der Waals surface area contributed by atoms with Crippen molar-refractivity contribution in [3.05, 3.63) is 90.5 Å². The van der Waals surface area contributed by atoms with Crippen LogP contribution >= 0.6 is 0 Å². The number of aliphatic imine (C=N–C) groups is 1. The van der Waals surface area contributed by atoms with Crippen LogP contribution in [0.4, 0.5) is 11.5 Å². The van der Waals surface area contributed by atoms with Crippen molar-refractivity contribution < 1.29 is 17.9 Å². The smallest absolute Gasteiger partial charge is 0.321 e. The fourth-order valence-corrected chi connectivity index (χ4v) is 4.88. The fourth-order valence-electron chi connectivity index (χ4n) is 3.89. The van der Waals surface area contributed by atoms with Gasteiger partial charge in [-0.25, -0.2) is 8.42 Å². The Bertz CT molecular complexity index is 1630. The lowest BCUT2D eigenvalue weighted by molar-refractivity contribution is 0.353. The molecule has 0 bridgehead atoms. The highest BCUT2D eigenvalue weighted by Crippen LogP contribution is 2.28. The number of aromatic nitrogens is 2. The van der Waals surface area contributed by atoms with Gasteiger partial charge in [-0.05, 0) is 51.9 Å². The van der Waals surface area contributed by atoms with E-state index in [2.05, 4.69) is 50.0 Å². The van der Waals surface area contributed by atoms with Crippen LogP contribution in [0.15, 0.2) is 94.8 Å². The van der Waals surface area contributed by atoms with Gasteiger partial charge in [-0.1, -0.05) is 48.5 Å². The van der Waals surface area contributed by atoms with E-state index in [9.17, 15) is 8.42 Å². The number of ether oxygens (including phenoxy) is 2. The zero-order valence-corrected chi connectivity index (χ0v) is 20.4. The highest BCUT2D eigenvalue weighted by molar-refractivity contribution is 7.92. The number of fused-ring (bicyclic) bond motifs is 2. The summed E-state index contributed by atoms with van der Waals surface area (Å²) in [5.41, 5.74) is 1.63. The van der Waals surface area contributed by atoms with Crippen LogP contribution in [0.2, 0.25) is 0 Å². The van der Waals surface area contributed by atoms with Gasteiger partial charge in [0.25, 0.3) is 10.0 Å². The molecule has 9 heteroatoms. The summed E-state index contributed by atoms with van der Waals surface area (Å²) in [5.74, 6) is 0.203. The molecule has 8 nitrogen and oxygen atoms in total. The molecule has 0 unspecified atom stereocenters. The molecule has 0 fully saturated rings. The molecule has 0 aliphatic heterocycles. The van der Waals surface area contributed by atoms with Crippen LogP contribution in [0, 0.1) is 0 Å². The number of rotatable bonds is 7. The van der Waals surface area contributed by atoms with Gasteiger partial charge in [0.1, 0.15) is 0 Å². The molecule has 180 valence electrons. The van der Waals surface area contributed by atoms with E-state index in [1.807, 2.05) is 30.5 Å². The second-order valence-electron chi connectivity index (χ2n) is 7.87. The largest absolute Gasteiger partial charge is 0.481 e. The summed E-state index contributed by atoms with van der Waals surface area (Å²) >= 11 is 0. The first-order valence-electron chi connectivity index (χ1n) is 11.0. The summed E-state index contributed by atoms with van der Waals surface area (Å²) in [5, 5.41) is 4.45. The molecular formula is C27H22N4O4S. The van der Waals surface area contributed by atoms with Gasteiger partial charge in [-0.2, -0.15) is 9.97 Å². The first-order valence-corrected chi connectivity index (χ1v) is 12.5. The zero-order valence-electron chi connectivity index (χ0n) is 19.5. The average molecular weight is 499 g/mol. The molecule has 5 rings (SSSR count). The van der Waals surface area contributed by atoms with Crippen molar-refractivity contribution in [1.29, 1.82) is 0 Å². The van der Waals surface area contributed by atoms with E-state index in [0.29, 0.717) is 5.69 Å². The van der Waals surface area contributed by atoms with Gasteiger partial charge in [-0.15, -0.1) is 0 Å². The summed E-state index contributed by atoms with van der Waals surface area (Å²) in [6.07, 6.45) is 1.83. The Hall–Kier alpha value is -4.50. The number of anilines is 1. The third kappa shape index (κ3) is 4.69. The second kappa shape index (κ2) is 9.63. The third-order valence-electron chi connectivity index (χ3n) is 5.62. The molecule has 0 amide bonds. The molecule has 0 aliphatic rings. The van der Waals surface area contributed by atoms with Gasteiger partial charge in [0.05, 0.1) is 24.8 Å². The van der Waals surface area contributed by atoms with Gasteiger partial charge in [0.2, 0.25) is 5.88 Å². The molecule has 5 aromatic rings. The van der Waals surface area contributed by atoms with Gasteiger partial charge in [0.15, 0.2) is 5.82 Å². The third-order valence-corrected chi connectivity index (χ3v) is 6.99. The number of methoxy groups -OCH3 is 2. The summed E-state index contributed by atoms with van der Waals surface area (Å²) in [4.78, 5) is 12.7. The maximum Gasteiger partial charge on any atom is 0.321 e. The topological polar surface area (TPSA) is 103 Å². The lowest BCUT2D eigenvalue weighted by Crippen LogP contribution is -2.14. The SMILES string of the molecule is COc1cc(NS(=O)(=O)c2ccc(N=Cc3c4ccccc4cc4ccccc34)cc2)nc(OC)n1. The molecule has 0 saturated carbocycles. The Kier molecular flexibility index (Phi) is 6.22. The number of hydrogen-bond acceptors (Lipinski definition) is 7. The zero-order chi connectivity index (χ0) is 25.1. The van der Waals surface area contributed by atoms with Gasteiger partial charge >= 0.3 is 6.01 Å². The van der Waals surface area contributed by atoms with E-state index in [-0.39, 0.29) is 22.6 Å². The van der Waals surface area contributed by atoms with E-state index >= 15 is 0 Å². The first kappa shape index (κ1) is 23.3. The van der Waals surface area contributed by atoms with E-state index in [1.165, 1.54) is 32.4 Å². The number of sulfonamides is 1. The maximum absolute atomic E-state index is 12.9. The van der Waals surface area contributed by atoms with Crippen LogP contribution < -0.4 is 14.2 Å². The van der Waals surface area contributed by atoms with E-state index in [4.69, 9.17) is 9.47 Å². The monoisotopic (exact) mass is 498 g/mol. The Balaban J connectivity index is 1.43. The summed E-state index contributed by atoms with van der Waals surface area (Å²) < 4.78 is 38.3. The standard InChI is InChI=1S/C27H22N4O4S/c1-34-26-16-25(29-27(30-26)35-2)31-36(32,33)21-13-11-20(12-14-21)28-17-24-22-9-5-3-7-18(22)15-19-8-4-6-10-23(19)24/h3-17H,1-2H3,(H,29,30,31). The molecule has 0 aliphatic carbocycles. The molecule has 0 saturated heterocycles. The summed E-state index contributed by atoms with van der Waals surface area (Å²) in [6.45, 7) is 0. The molecule has 36 heavy (non-hydrogen) atoms. The number of benzene rings is 4.